The van der Waals surface area contributed by atoms with Gasteiger partial charge in [-0.25, -0.2) is 8.78 Å². The van der Waals surface area contributed by atoms with Gasteiger partial charge in [-0.05, 0) is 12.1 Å². The quantitative estimate of drug-likeness (QED) is 0.501. The molecule has 0 radical (unpaired) electrons. The minimum Gasteiger partial charge on any atom is -0.393 e. The molecule has 5 nitrogen and oxygen atoms in total. The molecule has 7 heteroatoms. The maximum absolute atomic E-state index is 13.0. The summed E-state index contributed by atoms with van der Waals surface area (Å²) >= 11 is 0. The van der Waals surface area contributed by atoms with Gasteiger partial charge in [0, 0.05) is 25.9 Å². The molecule has 0 aromatic heterocycles. The number of benzene rings is 1. The van der Waals surface area contributed by atoms with E-state index < -0.39 is 10.8 Å². The van der Waals surface area contributed by atoms with Crippen LogP contribution < -0.4 is 10.6 Å². The van der Waals surface area contributed by atoms with Crippen LogP contribution in [0, 0.1) is 10.1 Å². The van der Waals surface area contributed by atoms with Gasteiger partial charge in [0.05, 0.1) is 4.92 Å². The van der Waals surface area contributed by atoms with Crippen LogP contribution in [0.2, 0.25) is 0 Å². The topological polar surface area (TPSA) is 72.4 Å². The number of nitro benzene ring substituents is 1. The van der Waals surface area contributed by atoms with E-state index in [0.717, 1.165) is 0 Å². The third kappa shape index (κ3) is 2.34. The molecule has 0 spiro atoms. The second kappa shape index (κ2) is 4.40. The Hall–Kier alpha value is -1.92. The lowest BCUT2D eigenvalue weighted by atomic mass is 10.1. The summed E-state index contributed by atoms with van der Waals surface area (Å²) in [7, 11) is 0. The SMILES string of the molecule is Nc1cccc(N2CCC(F)(F)CC2)c1[N+](=O)[O-]. The van der Waals surface area contributed by atoms with Gasteiger partial charge in [-0.3, -0.25) is 10.1 Å². The normalized spacial score (nSPS) is 18.7. The Morgan fingerprint density at radius 3 is 2.50 bits per heavy atom. The van der Waals surface area contributed by atoms with Crippen molar-refractivity contribution in [1.29, 1.82) is 0 Å². The highest BCUT2D eigenvalue weighted by Gasteiger charge is 2.36. The van der Waals surface area contributed by atoms with Crippen molar-refractivity contribution < 1.29 is 13.7 Å². The lowest BCUT2D eigenvalue weighted by Gasteiger charge is -2.33. The number of nitrogen functional groups attached to an aromatic ring is 1. The van der Waals surface area contributed by atoms with Crippen molar-refractivity contribution in [1.82, 2.24) is 0 Å². The largest absolute Gasteiger partial charge is 0.393 e. The monoisotopic (exact) mass is 257 g/mol. The first-order valence-corrected chi connectivity index (χ1v) is 5.56. The Labute approximate surface area is 102 Å². The summed E-state index contributed by atoms with van der Waals surface area (Å²) < 4.78 is 26.1. The van der Waals surface area contributed by atoms with E-state index in [1.54, 1.807) is 11.0 Å². The molecule has 0 bridgehead atoms. The van der Waals surface area contributed by atoms with E-state index in [1.165, 1.54) is 12.1 Å². The standard InChI is InChI=1S/C11H13F2N3O2/c12-11(13)4-6-15(7-5-11)9-3-1-2-8(14)10(9)16(17)18/h1-3H,4-7,14H2. The first-order chi connectivity index (χ1) is 8.41. The number of piperidine rings is 1. The van der Waals surface area contributed by atoms with Gasteiger partial charge in [-0.15, -0.1) is 0 Å². The van der Waals surface area contributed by atoms with Crippen LogP contribution in [-0.2, 0) is 0 Å². The molecule has 0 amide bonds. The van der Waals surface area contributed by atoms with E-state index in [4.69, 9.17) is 5.73 Å². The van der Waals surface area contributed by atoms with Crippen molar-refractivity contribution in [3.05, 3.63) is 28.3 Å². The molecular weight excluding hydrogens is 244 g/mol. The first-order valence-electron chi connectivity index (χ1n) is 5.56. The molecule has 2 N–H and O–H groups in total. The zero-order chi connectivity index (χ0) is 13.3. The molecule has 18 heavy (non-hydrogen) atoms. The highest BCUT2D eigenvalue weighted by Crippen LogP contribution is 2.37. The predicted molar refractivity (Wildman–Crippen MR) is 63.9 cm³/mol. The summed E-state index contributed by atoms with van der Waals surface area (Å²) in [6, 6.07) is 4.56. The van der Waals surface area contributed by atoms with Gasteiger partial charge in [0.25, 0.3) is 5.92 Å². The minimum absolute atomic E-state index is 0.0508. The second-order valence-electron chi connectivity index (χ2n) is 4.32. The number of hydrogen-bond donors (Lipinski definition) is 1. The number of nitro groups is 1. The molecule has 98 valence electrons. The van der Waals surface area contributed by atoms with Crippen LogP contribution in [0.3, 0.4) is 0 Å². The van der Waals surface area contributed by atoms with Crippen LogP contribution in [-0.4, -0.2) is 23.9 Å². The Kier molecular flexibility index (Phi) is 3.06. The number of hydrogen-bond acceptors (Lipinski definition) is 4. The van der Waals surface area contributed by atoms with Gasteiger partial charge >= 0.3 is 5.69 Å². The third-order valence-electron chi connectivity index (χ3n) is 3.06. The molecule has 1 saturated heterocycles. The van der Waals surface area contributed by atoms with Gasteiger partial charge in [-0.2, -0.15) is 0 Å². The van der Waals surface area contributed by atoms with Crippen molar-refractivity contribution in [3.8, 4) is 0 Å². The van der Waals surface area contributed by atoms with Crippen LogP contribution in [0.15, 0.2) is 18.2 Å². The van der Waals surface area contributed by atoms with E-state index in [2.05, 4.69) is 0 Å². The average molecular weight is 257 g/mol. The molecule has 1 heterocycles. The van der Waals surface area contributed by atoms with Gasteiger partial charge in [0.1, 0.15) is 11.4 Å². The van der Waals surface area contributed by atoms with Gasteiger partial charge in [-0.1, -0.05) is 6.07 Å². The maximum Gasteiger partial charge on any atom is 0.315 e. The predicted octanol–water partition coefficient (Wildman–Crippen LogP) is 2.41. The fraction of sp³-hybridized carbons (Fsp3) is 0.455. The fourth-order valence-corrected chi connectivity index (χ4v) is 2.08. The van der Waals surface area contributed by atoms with Crippen molar-refractivity contribution in [2.45, 2.75) is 18.8 Å². The van der Waals surface area contributed by atoms with E-state index in [0.29, 0.717) is 5.69 Å². The van der Waals surface area contributed by atoms with Crippen LogP contribution >= 0.6 is 0 Å². The van der Waals surface area contributed by atoms with Gasteiger partial charge in [0.2, 0.25) is 0 Å². The smallest absolute Gasteiger partial charge is 0.315 e. The van der Waals surface area contributed by atoms with Crippen LogP contribution in [0.4, 0.5) is 25.8 Å². The van der Waals surface area contributed by atoms with E-state index >= 15 is 0 Å². The average Bonchev–Trinajstić information content (AvgIpc) is 2.28. The summed E-state index contributed by atoms with van der Waals surface area (Å²) in [5.74, 6) is -2.67. The number of para-hydroxylation sites is 1. The Bertz CT molecular complexity index is 469. The molecule has 1 aromatic carbocycles. The summed E-state index contributed by atoms with van der Waals surface area (Å²) in [6.45, 7) is 0.189. The number of alkyl halides is 2. The minimum atomic E-state index is -2.67. The molecule has 1 aliphatic heterocycles. The molecule has 0 unspecified atom stereocenters. The molecule has 0 atom stereocenters. The summed E-state index contributed by atoms with van der Waals surface area (Å²) in [6.07, 6.45) is -0.585. The molecule has 0 saturated carbocycles. The maximum atomic E-state index is 13.0. The zero-order valence-corrected chi connectivity index (χ0v) is 9.60. The van der Waals surface area contributed by atoms with Gasteiger partial charge < -0.3 is 10.6 Å². The van der Waals surface area contributed by atoms with Crippen LogP contribution in [0.1, 0.15) is 12.8 Å². The highest BCUT2D eigenvalue weighted by atomic mass is 19.3. The Morgan fingerprint density at radius 1 is 1.33 bits per heavy atom. The number of anilines is 2. The lowest BCUT2D eigenvalue weighted by molar-refractivity contribution is -0.383. The van der Waals surface area contributed by atoms with E-state index in [-0.39, 0.29) is 37.3 Å². The second-order valence-corrected chi connectivity index (χ2v) is 4.32. The zero-order valence-electron chi connectivity index (χ0n) is 9.60. The first kappa shape index (κ1) is 12.5. The van der Waals surface area contributed by atoms with E-state index in [9.17, 15) is 18.9 Å². The number of halogens is 2. The number of nitrogens with two attached hydrogens (primary N) is 1. The number of rotatable bonds is 2. The summed E-state index contributed by atoms with van der Waals surface area (Å²) in [4.78, 5) is 12.0. The van der Waals surface area contributed by atoms with Crippen molar-refractivity contribution >= 4 is 17.1 Å². The molecule has 1 aromatic rings. The molecule has 1 fully saturated rings. The summed E-state index contributed by atoms with van der Waals surface area (Å²) in [5, 5.41) is 11.0. The van der Waals surface area contributed by atoms with Crippen molar-refractivity contribution in [3.63, 3.8) is 0 Å². The van der Waals surface area contributed by atoms with Crippen LogP contribution in [0.5, 0.6) is 0 Å². The molecule has 0 aliphatic carbocycles. The van der Waals surface area contributed by atoms with Crippen LogP contribution in [0.25, 0.3) is 0 Å². The molecule has 1 aliphatic rings. The Morgan fingerprint density at radius 2 is 1.94 bits per heavy atom. The Balaban J connectivity index is 2.30. The van der Waals surface area contributed by atoms with Crippen molar-refractivity contribution in [2.75, 3.05) is 23.7 Å². The summed E-state index contributed by atoms with van der Waals surface area (Å²) in [5.41, 5.74) is 5.73. The van der Waals surface area contributed by atoms with Gasteiger partial charge in [0.15, 0.2) is 0 Å². The molecule has 2 rings (SSSR count). The fourth-order valence-electron chi connectivity index (χ4n) is 2.08. The third-order valence-corrected chi connectivity index (χ3v) is 3.06. The lowest BCUT2D eigenvalue weighted by Crippen LogP contribution is -2.39. The molecular formula is C11H13F2N3O2. The highest BCUT2D eigenvalue weighted by molar-refractivity contribution is 5.75. The van der Waals surface area contributed by atoms with Crippen molar-refractivity contribution in [2.24, 2.45) is 0 Å². The van der Waals surface area contributed by atoms with E-state index in [1.807, 2.05) is 0 Å². The number of nitrogens with zero attached hydrogens (tertiary/aromatic N) is 2.